The lowest BCUT2D eigenvalue weighted by Crippen LogP contribution is -2.59. The molecule has 0 spiro atoms. The molecule has 1 saturated heterocycles. The molecule has 4 heteroatoms. The fraction of sp³-hybridized carbons (Fsp3) is 1.00. The van der Waals surface area contributed by atoms with Gasteiger partial charge in [-0.1, -0.05) is 0 Å². The van der Waals surface area contributed by atoms with Gasteiger partial charge < -0.3 is 5.32 Å². The summed E-state index contributed by atoms with van der Waals surface area (Å²) in [5.41, 5.74) is 0.0502. The van der Waals surface area contributed by atoms with E-state index in [0.29, 0.717) is 0 Å². The minimum Gasteiger partial charge on any atom is -0.309 e. The molecule has 0 amide bonds. The molecule has 0 bridgehead atoms. The van der Waals surface area contributed by atoms with E-state index in [9.17, 15) is 8.78 Å². The standard InChI is InChI=1S/C10H20F2N2/c1-8(6-9(11)12)14-5-4-13-10(2,3)7-14/h8-9,13H,4-7H2,1-3H3. The molecule has 1 N–H and O–H groups in total. The number of nitrogens with zero attached hydrogens (tertiary/aromatic N) is 1. The first-order valence-corrected chi connectivity index (χ1v) is 5.18. The van der Waals surface area contributed by atoms with Gasteiger partial charge in [0.2, 0.25) is 6.43 Å². The summed E-state index contributed by atoms with van der Waals surface area (Å²) in [4.78, 5) is 2.14. The Balaban J connectivity index is 2.43. The summed E-state index contributed by atoms with van der Waals surface area (Å²) < 4.78 is 24.4. The van der Waals surface area contributed by atoms with Crippen LogP contribution in [0.4, 0.5) is 8.78 Å². The van der Waals surface area contributed by atoms with Crippen LogP contribution in [0.5, 0.6) is 0 Å². The molecule has 1 heterocycles. The van der Waals surface area contributed by atoms with Crippen LogP contribution >= 0.6 is 0 Å². The number of nitrogens with one attached hydrogen (secondary N) is 1. The van der Waals surface area contributed by atoms with Crippen molar-refractivity contribution in [1.82, 2.24) is 10.2 Å². The molecule has 1 rings (SSSR count). The lowest BCUT2D eigenvalue weighted by molar-refractivity contribution is 0.0594. The molecular weight excluding hydrogens is 186 g/mol. The number of hydrogen-bond acceptors (Lipinski definition) is 2. The molecule has 1 aliphatic heterocycles. The molecule has 14 heavy (non-hydrogen) atoms. The Morgan fingerprint density at radius 3 is 2.57 bits per heavy atom. The van der Waals surface area contributed by atoms with E-state index in [1.54, 1.807) is 0 Å². The van der Waals surface area contributed by atoms with E-state index < -0.39 is 6.43 Å². The van der Waals surface area contributed by atoms with Crippen molar-refractivity contribution in [2.75, 3.05) is 19.6 Å². The van der Waals surface area contributed by atoms with E-state index in [1.807, 2.05) is 6.92 Å². The van der Waals surface area contributed by atoms with Gasteiger partial charge >= 0.3 is 0 Å². The minimum absolute atomic E-state index is 0.0172. The highest BCUT2D eigenvalue weighted by molar-refractivity contribution is 4.88. The average molecular weight is 206 g/mol. The second-order valence-electron chi connectivity index (χ2n) is 4.76. The van der Waals surface area contributed by atoms with E-state index in [0.717, 1.165) is 19.6 Å². The Hall–Kier alpha value is -0.220. The first-order valence-electron chi connectivity index (χ1n) is 5.18. The average Bonchev–Trinajstić information content (AvgIpc) is 2.01. The Kier molecular flexibility index (Phi) is 3.84. The number of hydrogen-bond donors (Lipinski definition) is 1. The predicted octanol–water partition coefficient (Wildman–Crippen LogP) is 1.71. The highest BCUT2D eigenvalue weighted by Crippen LogP contribution is 2.16. The summed E-state index contributed by atoms with van der Waals surface area (Å²) in [6, 6.07) is -0.0172. The van der Waals surface area contributed by atoms with Gasteiger partial charge in [-0.05, 0) is 20.8 Å². The maximum absolute atomic E-state index is 12.2. The van der Waals surface area contributed by atoms with E-state index in [1.165, 1.54) is 0 Å². The molecule has 0 saturated carbocycles. The smallest absolute Gasteiger partial charge is 0.240 e. The summed E-state index contributed by atoms with van der Waals surface area (Å²) in [6.07, 6.45) is -2.21. The third kappa shape index (κ3) is 3.50. The maximum atomic E-state index is 12.2. The molecule has 84 valence electrons. The Morgan fingerprint density at radius 2 is 2.07 bits per heavy atom. The van der Waals surface area contributed by atoms with Crippen LogP contribution in [-0.2, 0) is 0 Å². The summed E-state index contributed by atoms with van der Waals surface area (Å²) >= 11 is 0. The van der Waals surface area contributed by atoms with E-state index in [-0.39, 0.29) is 18.0 Å². The van der Waals surface area contributed by atoms with Crippen LogP contribution in [0.1, 0.15) is 27.2 Å². The van der Waals surface area contributed by atoms with Gasteiger partial charge in [-0.25, -0.2) is 8.78 Å². The molecular formula is C10H20F2N2. The molecule has 0 aromatic heterocycles. The fourth-order valence-electron chi connectivity index (χ4n) is 1.96. The predicted molar refractivity (Wildman–Crippen MR) is 53.7 cm³/mol. The maximum Gasteiger partial charge on any atom is 0.240 e. The van der Waals surface area contributed by atoms with Crippen LogP contribution in [0, 0.1) is 0 Å². The second kappa shape index (κ2) is 4.53. The zero-order valence-electron chi connectivity index (χ0n) is 9.19. The number of piperazine rings is 1. The topological polar surface area (TPSA) is 15.3 Å². The third-order valence-corrected chi connectivity index (χ3v) is 2.74. The molecule has 0 aromatic rings. The zero-order valence-corrected chi connectivity index (χ0v) is 9.19. The number of halogens is 2. The lowest BCUT2D eigenvalue weighted by Gasteiger charge is -2.42. The highest BCUT2D eigenvalue weighted by atomic mass is 19.3. The van der Waals surface area contributed by atoms with Crippen molar-refractivity contribution < 1.29 is 8.78 Å². The molecule has 0 aromatic carbocycles. The number of rotatable bonds is 3. The van der Waals surface area contributed by atoms with Gasteiger partial charge in [0, 0.05) is 37.6 Å². The summed E-state index contributed by atoms with van der Waals surface area (Å²) in [6.45, 7) is 8.70. The highest BCUT2D eigenvalue weighted by Gasteiger charge is 2.29. The van der Waals surface area contributed by atoms with E-state index in [2.05, 4.69) is 24.1 Å². The lowest BCUT2D eigenvalue weighted by atomic mass is 10.0. The van der Waals surface area contributed by atoms with Crippen LogP contribution in [0.25, 0.3) is 0 Å². The Morgan fingerprint density at radius 1 is 1.43 bits per heavy atom. The molecule has 1 unspecified atom stereocenters. The first-order chi connectivity index (χ1) is 6.41. The van der Waals surface area contributed by atoms with Crippen molar-refractivity contribution in [3.63, 3.8) is 0 Å². The van der Waals surface area contributed by atoms with Gasteiger partial charge in [-0.3, -0.25) is 4.90 Å². The van der Waals surface area contributed by atoms with Crippen molar-refractivity contribution in [3.05, 3.63) is 0 Å². The van der Waals surface area contributed by atoms with Crippen LogP contribution in [0.15, 0.2) is 0 Å². The quantitative estimate of drug-likeness (QED) is 0.756. The summed E-state index contributed by atoms with van der Waals surface area (Å²) in [7, 11) is 0. The van der Waals surface area contributed by atoms with Crippen LogP contribution in [0.3, 0.4) is 0 Å². The number of alkyl halides is 2. The van der Waals surface area contributed by atoms with Crippen LogP contribution in [-0.4, -0.2) is 42.5 Å². The molecule has 1 aliphatic rings. The van der Waals surface area contributed by atoms with Crippen molar-refractivity contribution in [1.29, 1.82) is 0 Å². The zero-order chi connectivity index (χ0) is 10.8. The largest absolute Gasteiger partial charge is 0.309 e. The van der Waals surface area contributed by atoms with Crippen molar-refractivity contribution in [2.24, 2.45) is 0 Å². The third-order valence-electron chi connectivity index (χ3n) is 2.74. The SMILES string of the molecule is CC(CC(F)F)N1CCNC(C)(C)C1. The van der Waals surface area contributed by atoms with Gasteiger partial charge in [0.05, 0.1) is 0 Å². The molecule has 1 fully saturated rings. The monoisotopic (exact) mass is 206 g/mol. The van der Waals surface area contributed by atoms with Gasteiger partial charge in [0.1, 0.15) is 0 Å². The fourth-order valence-corrected chi connectivity index (χ4v) is 1.96. The van der Waals surface area contributed by atoms with Gasteiger partial charge in [0.15, 0.2) is 0 Å². The summed E-state index contributed by atoms with van der Waals surface area (Å²) in [5, 5.41) is 3.37. The molecule has 2 nitrogen and oxygen atoms in total. The summed E-state index contributed by atoms with van der Waals surface area (Å²) in [5.74, 6) is 0. The van der Waals surface area contributed by atoms with E-state index in [4.69, 9.17) is 0 Å². The van der Waals surface area contributed by atoms with Crippen molar-refractivity contribution >= 4 is 0 Å². The normalized spacial score (nSPS) is 25.3. The van der Waals surface area contributed by atoms with Crippen LogP contribution in [0.2, 0.25) is 0 Å². The molecule has 0 aliphatic carbocycles. The van der Waals surface area contributed by atoms with E-state index >= 15 is 0 Å². The van der Waals surface area contributed by atoms with Crippen molar-refractivity contribution in [3.8, 4) is 0 Å². The minimum atomic E-state index is -2.19. The van der Waals surface area contributed by atoms with Gasteiger partial charge in [-0.15, -0.1) is 0 Å². The molecule has 0 radical (unpaired) electrons. The van der Waals surface area contributed by atoms with Crippen molar-refractivity contribution in [2.45, 2.75) is 45.2 Å². The van der Waals surface area contributed by atoms with Gasteiger partial charge in [0.25, 0.3) is 0 Å². The Bertz CT molecular complexity index is 183. The van der Waals surface area contributed by atoms with Crippen LogP contribution < -0.4 is 5.32 Å². The first kappa shape index (κ1) is 11.9. The molecule has 1 atom stereocenters. The second-order valence-corrected chi connectivity index (χ2v) is 4.76. The Labute approximate surface area is 84.7 Å². The van der Waals surface area contributed by atoms with Gasteiger partial charge in [-0.2, -0.15) is 0 Å².